The van der Waals surface area contributed by atoms with E-state index in [2.05, 4.69) is 9.98 Å². The maximum atomic E-state index is 10.5. The van der Waals surface area contributed by atoms with Crippen molar-refractivity contribution in [2.75, 3.05) is 6.26 Å². The number of imidazole rings is 1. The first-order chi connectivity index (χ1) is 11.7. The van der Waals surface area contributed by atoms with Crippen molar-refractivity contribution in [3.63, 3.8) is 0 Å². The molecule has 0 spiro atoms. The van der Waals surface area contributed by atoms with Gasteiger partial charge in [0.2, 0.25) is 5.88 Å². The van der Waals surface area contributed by atoms with Crippen molar-refractivity contribution >= 4 is 35.3 Å². The van der Waals surface area contributed by atoms with E-state index < -0.39 is 0 Å². The van der Waals surface area contributed by atoms with Crippen molar-refractivity contribution in [3.05, 3.63) is 70.9 Å². The number of rotatable bonds is 5. The maximum Gasteiger partial charge on any atom is 0.221 e. The average Bonchev–Trinajstić information content (AvgIpc) is 2.91. The molecule has 3 rings (SSSR count). The number of thioether (sulfide) groups is 1. The van der Waals surface area contributed by atoms with Crippen LogP contribution in [-0.4, -0.2) is 27.1 Å². The van der Waals surface area contributed by atoms with Crippen LogP contribution >= 0.6 is 23.4 Å². The summed E-state index contributed by atoms with van der Waals surface area (Å²) in [6, 6.07) is 17.1. The van der Waals surface area contributed by atoms with E-state index in [1.165, 1.54) is 11.8 Å². The predicted molar refractivity (Wildman–Crippen MR) is 99.9 cm³/mol. The van der Waals surface area contributed by atoms with Crippen LogP contribution in [0, 0.1) is 0 Å². The molecule has 3 aromatic rings. The highest BCUT2D eigenvalue weighted by atomic mass is 35.5. The molecule has 0 amide bonds. The Morgan fingerprint density at radius 3 is 2.58 bits per heavy atom. The molecule has 6 heteroatoms. The Hall–Kier alpha value is -2.24. The largest absolute Gasteiger partial charge is 0.493 e. The summed E-state index contributed by atoms with van der Waals surface area (Å²) >= 11 is 7.69. The SMILES string of the molecule is CSc1nc(C=Nc2ccccc2)c(O)n1Cc1ccccc1Cl. The number of hydrogen-bond acceptors (Lipinski definition) is 4. The van der Waals surface area contributed by atoms with Gasteiger partial charge in [-0.3, -0.25) is 9.56 Å². The highest BCUT2D eigenvalue weighted by Gasteiger charge is 2.15. The van der Waals surface area contributed by atoms with Crippen LogP contribution in [0.25, 0.3) is 0 Å². The van der Waals surface area contributed by atoms with Crippen LogP contribution in [0.4, 0.5) is 5.69 Å². The van der Waals surface area contributed by atoms with Crippen LogP contribution in [0.3, 0.4) is 0 Å². The van der Waals surface area contributed by atoms with Crippen LogP contribution in [0.2, 0.25) is 5.02 Å². The first-order valence-electron chi connectivity index (χ1n) is 7.35. The summed E-state index contributed by atoms with van der Waals surface area (Å²) in [4.78, 5) is 8.81. The Balaban J connectivity index is 1.92. The van der Waals surface area contributed by atoms with Gasteiger partial charge in [-0.2, -0.15) is 0 Å². The van der Waals surface area contributed by atoms with E-state index in [1.54, 1.807) is 10.8 Å². The van der Waals surface area contributed by atoms with E-state index >= 15 is 0 Å². The molecule has 0 aliphatic carbocycles. The molecule has 1 N–H and O–H groups in total. The Bertz CT molecular complexity index is 862. The molecule has 0 unspecified atom stereocenters. The highest BCUT2D eigenvalue weighted by molar-refractivity contribution is 7.98. The number of aromatic hydroxyl groups is 1. The lowest BCUT2D eigenvalue weighted by molar-refractivity contribution is 0.415. The van der Waals surface area contributed by atoms with Crippen LogP contribution in [-0.2, 0) is 6.54 Å². The zero-order valence-corrected chi connectivity index (χ0v) is 14.6. The molecule has 0 radical (unpaired) electrons. The second-order valence-corrected chi connectivity index (χ2v) is 6.26. The quantitative estimate of drug-likeness (QED) is 0.529. The molecular formula is C18H16ClN3OS. The standard InChI is InChI=1S/C18H16ClN3OS/c1-24-18-21-16(11-20-14-8-3-2-4-9-14)17(23)22(18)12-13-7-5-6-10-15(13)19/h2-11,23H,12H2,1H3. The van der Waals surface area contributed by atoms with Gasteiger partial charge in [-0.25, -0.2) is 4.98 Å². The summed E-state index contributed by atoms with van der Waals surface area (Å²) in [7, 11) is 0. The second-order valence-electron chi connectivity index (χ2n) is 5.08. The number of aliphatic imine (C=N–C) groups is 1. The molecular weight excluding hydrogens is 342 g/mol. The molecule has 122 valence electrons. The molecule has 2 aromatic carbocycles. The molecule has 24 heavy (non-hydrogen) atoms. The molecule has 0 saturated carbocycles. The fourth-order valence-electron chi connectivity index (χ4n) is 2.27. The third-order valence-electron chi connectivity index (χ3n) is 3.49. The second kappa shape index (κ2) is 7.55. The molecule has 4 nitrogen and oxygen atoms in total. The van der Waals surface area contributed by atoms with Gasteiger partial charge in [0.1, 0.15) is 5.69 Å². The molecule has 0 aliphatic heterocycles. The van der Waals surface area contributed by atoms with Crippen molar-refractivity contribution in [3.8, 4) is 5.88 Å². The van der Waals surface area contributed by atoms with Gasteiger partial charge < -0.3 is 5.11 Å². The van der Waals surface area contributed by atoms with Crippen molar-refractivity contribution in [1.29, 1.82) is 0 Å². The predicted octanol–water partition coefficient (Wildman–Crippen LogP) is 4.76. The normalized spacial score (nSPS) is 11.2. The van der Waals surface area contributed by atoms with E-state index in [1.807, 2.05) is 60.9 Å². The zero-order chi connectivity index (χ0) is 16.9. The zero-order valence-electron chi connectivity index (χ0n) is 13.1. The van der Waals surface area contributed by atoms with Gasteiger partial charge in [0.25, 0.3) is 0 Å². The third kappa shape index (κ3) is 3.63. The van der Waals surface area contributed by atoms with Gasteiger partial charge in [-0.05, 0) is 30.0 Å². The van der Waals surface area contributed by atoms with Crippen LogP contribution in [0.15, 0.2) is 64.7 Å². The summed E-state index contributed by atoms with van der Waals surface area (Å²) < 4.78 is 1.73. The number of nitrogens with zero attached hydrogens (tertiary/aromatic N) is 3. The topological polar surface area (TPSA) is 50.4 Å². The van der Waals surface area contributed by atoms with E-state index in [-0.39, 0.29) is 5.88 Å². The van der Waals surface area contributed by atoms with Crippen molar-refractivity contribution in [2.24, 2.45) is 4.99 Å². The summed E-state index contributed by atoms with van der Waals surface area (Å²) in [5, 5.41) is 11.9. The molecule has 1 heterocycles. The monoisotopic (exact) mass is 357 g/mol. The minimum Gasteiger partial charge on any atom is -0.493 e. The fraction of sp³-hybridized carbons (Fsp3) is 0.111. The number of para-hydroxylation sites is 1. The lowest BCUT2D eigenvalue weighted by Gasteiger charge is -2.08. The third-order valence-corrected chi connectivity index (χ3v) is 4.54. The molecule has 0 saturated heterocycles. The lowest BCUT2D eigenvalue weighted by Crippen LogP contribution is -2.01. The van der Waals surface area contributed by atoms with E-state index in [4.69, 9.17) is 11.6 Å². The van der Waals surface area contributed by atoms with E-state index in [0.29, 0.717) is 22.4 Å². The Labute approximate surface area is 149 Å². The minimum absolute atomic E-state index is 0.0824. The average molecular weight is 358 g/mol. The highest BCUT2D eigenvalue weighted by Crippen LogP contribution is 2.27. The fourth-order valence-corrected chi connectivity index (χ4v) is 3.03. The minimum atomic E-state index is 0.0824. The molecule has 0 aliphatic rings. The smallest absolute Gasteiger partial charge is 0.221 e. The van der Waals surface area contributed by atoms with Gasteiger partial charge in [-0.1, -0.05) is 59.8 Å². The van der Waals surface area contributed by atoms with Crippen LogP contribution in [0.1, 0.15) is 11.3 Å². The summed E-state index contributed by atoms with van der Waals surface area (Å²) in [5.41, 5.74) is 2.17. The summed E-state index contributed by atoms with van der Waals surface area (Å²) in [5.74, 6) is 0.0824. The Kier molecular flexibility index (Phi) is 5.23. The number of hydrogen-bond donors (Lipinski definition) is 1. The van der Waals surface area contributed by atoms with Gasteiger partial charge in [-0.15, -0.1) is 0 Å². The van der Waals surface area contributed by atoms with Crippen molar-refractivity contribution < 1.29 is 5.11 Å². The molecule has 1 aromatic heterocycles. The number of halogens is 1. The molecule has 0 atom stereocenters. The van der Waals surface area contributed by atoms with Gasteiger partial charge >= 0.3 is 0 Å². The van der Waals surface area contributed by atoms with E-state index in [9.17, 15) is 5.11 Å². The van der Waals surface area contributed by atoms with Crippen molar-refractivity contribution in [1.82, 2.24) is 9.55 Å². The Morgan fingerprint density at radius 2 is 1.88 bits per heavy atom. The van der Waals surface area contributed by atoms with Crippen LogP contribution in [0.5, 0.6) is 5.88 Å². The van der Waals surface area contributed by atoms with Crippen LogP contribution < -0.4 is 0 Å². The number of benzene rings is 2. The maximum absolute atomic E-state index is 10.5. The van der Waals surface area contributed by atoms with E-state index in [0.717, 1.165) is 11.3 Å². The first-order valence-corrected chi connectivity index (χ1v) is 8.95. The Morgan fingerprint density at radius 1 is 1.17 bits per heavy atom. The van der Waals surface area contributed by atoms with Gasteiger partial charge in [0.15, 0.2) is 5.16 Å². The molecule has 0 bridgehead atoms. The summed E-state index contributed by atoms with van der Waals surface area (Å²) in [6.45, 7) is 0.452. The molecule has 0 fully saturated rings. The number of aromatic nitrogens is 2. The van der Waals surface area contributed by atoms with Gasteiger partial charge in [0.05, 0.1) is 18.4 Å². The first kappa shape index (κ1) is 16.6. The summed E-state index contributed by atoms with van der Waals surface area (Å²) in [6.07, 6.45) is 3.50. The van der Waals surface area contributed by atoms with Crippen molar-refractivity contribution in [2.45, 2.75) is 11.7 Å². The lowest BCUT2D eigenvalue weighted by atomic mass is 10.2. The van der Waals surface area contributed by atoms with Gasteiger partial charge in [0, 0.05) is 5.02 Å².